The van der Waals surface area contributed by atoms with Crippen molar-refractivity contribution < 1.29 is 28.6 Å². The van der Waals surface area contributed by atoms with Gasteiger partial charge in [-0.2, -0.15) is 0 Å². The summed E-state index contributed by atoms with van der Waals surface area (Å²) in [6, 6.07) is 0. The minimum Gasteiger partial charge on any atom is -0.462 e. The lowest BCUT2D eigenvalue weighted by Gasteiger charge is -2.18. The van der Waals surface area contributed by atoms with Gasteiger partial charge in [0.15, 0.2) is 6.10 Å². The quantitative estimate of drug-likeness (QED) is 0.0261. The van der Waals surface area contributed by atoms with E-state index in [0.29, 0.717) is 19.3 Å². The Bertz CT molecular complexity index is 1340. The summed E-state index contributed by atoms with van der Waals surface area (Å²) < 4.78 is 17.0. The molecule has 0 N–H and O–H groups in total. The standard InChI is InChI=1S/C77H146O6/c1-4-7-10-13-16-19-22-25-28-30-31-32-33-34-35-36-37-38-39-40-41-42-43-44-45-46-47-48-50-52-55-58-61-64-67-70-76(79)82-73-74(72-81-75(78)69-66-63-60-57-54-51-27-24-21-18-15-12-9-6-3)83-77(80)71-68-65-62-59-56-53-49-29-26-23-20-17-14-11-8-5-2/h24,27,30-31,74H,4-23,25-26,28-29,32-73H2,1-3H3/b27-24-,31-30-. The van der Waals surface area contributed by atoms with E-state index in [9.17, 15) is 14.4 Å². The van der Waals surface area contributed by atoms with Crippen LogP contribution in [0.1, 0.15) is 432 Å². The Morgan fingerprint density at radius 2 is 0.398 bits per heavy atom. The fourth-order valence-corrected chi connectivity index (χ4v) is 11.7. The molecule has 0 aromatic heterocycles. The zero-order valence-corrected chi connectivity index (χ0v) is 56.5. The Balaban J connectivity index is 4.06. The van der Waals surface area contributed by atoms with E-state index in [4.69, 9.17) is 14.2 Å². The number of allylic oxidation sites excluding steroid dienone is 4. The highest BCUT2D eigenvalue weighted by molar-refractivity contribution is 5.71. The fraction of sp³-hybridized carbons (Fsp3) is 0.909. The average Bonchev–Trinajstić information content (AvgIpc) is 3.49. The van der Waals surface area contributed by atoms with Gasteiger partial charge in [0.05, 0.1) is 0 Å². The number of ether oxygens (including phenoxy) is 3. The summed E-state index contributed by atoms with van der Waals surface area (Å²) in [5, 5.41) is 0. The van der Waals surface area contributed by atoms with Crippen molar-refractivity contribution in [3.05, 3.63) is 24.3 Å². The van der Waals surface area contributed by atoms with Crippen LogP contribution in [0.2, 0.25) is 0 Å². The number of hydrogen-bond acceptors (Lipinski definition) is 6. The molecule has 0 aromatic rings. The number of unbranched alkanes of at least 4 members (excludes halogenated alkanes) is 56. The van der Waals surface area contributed by atoms with Gasteiger partial charge >= 0.3 is 17.9 Å². The lowest BCUT2D eigenvalue weighted by atomic mass is 10.0. The van der Waals surface area contributed by atoms with Crippen molar-refractivity contribution in [2.45, 2.75) is 438 Å². The largest absolute Gasteiger partial charge is 0.462 e. The van der Waals surface area contributed by atoms with Crippen LogP contribution in [0.15, 0.2) is 24.3 Å². The summed E-state index contributed by atoms with van der Waals surface area (Å²) >= 11 is 0. The van der Waals surface area contributed by atoms with Gasteiger partial charge in [-0.05, 0) is 70.6 Å². The molecule has 0 amide bonds. The average molecular weight is 1170 g/mol. The van der Waals surface area contributed by atoms with E-state index < -0.39 is 6.10 Å². The maximum Gasteiger partial charge on any atom is 0.306 e. The Labute approximate surface area is 519 Å². The van der Waals surface area contributed by atoms with Crippen molar-refractivity contribution >= 4 is 17.9 Å². The molecule has 490 valence electrons. The normalized spacial score (nSPS) is 12.1. The Hall–Kier alpha value is -2.11. The van der Waals surface area contributed by atoms with Crippen LogP contribution in [-0.4, -0.2) is 37.2 Å². The minimum absolute atomic E-state index is 0.0668. The second kappa shape index (κ2) is 72.4. The number of rotatable bonds is 71. The van der Waals surface area contributed by atoms with Crippen LogP contribution in [-0.2, 0) is 28.6 Å². The molecule has 83 heavy (non-hydrogen) atoms. The monoisotopic (exact) mass is 1170 g/mol. The highest BCUT2D eigenvalue weighted by atomic mass is 16.6. The molecule has 0 saturated carbocycles. The Morgan fingerprint density at radius 3 is 0.602 bits per heavy atom. The zero-order chi connectivity index (χ0) is 59.9. The molecule has 6 heteroatoms. The van der Waals surface area contributed by atoms with Crippen molar-refractivity contribution in [3.8, 4) is 0 Å². The van der Waals surface area contributed by atoms with Crippen LogP contribution in [0.25, 0.3) is 0 Å². The molecule has 6 nitrogen and oxygen atoms in total. The van der Waals surface area contributed by atoms with Crippen molar-refractivity contribution in [2.24, 2.45) is 0 Å². The molecule has 0 spiro atoms. The molecule has 0 radical (unpaired) electrons. The van der Waals surface area contributed by atoms with Gasteiger partial charge < -0.3 is 14.2 Å². The van der Waals surface area contributed by atoms with Crippen LogP contribution < -0.4 is 0 Å². The molecule has 1 atom stereocenters. The molecule has 0 aromatic carbocycles. The molecular formula is C77H146O6. The number of esters is 3. The van der Waals surface area contributed by atoms with Crippen molar-refractivity contribution in [2.75, 3.05) is 13.2 Å². The smallest absolute Gasteiger partial charge is 0.306 e. The molecule has 0 aliphatic rings. The number of hydrogen-bond donors (Lipinski definition) is 0. The van der Waals surface area contributed by atoms with Gasteiger partial charge in [0.25, 0.3) is 0 Å². The maximum absolute atomic E-state index is 12.9. The van der Waals surface area contributed by atoms with Crippen LogP contribution in [0, 0.1) is 0 Å². The lowest BCUT2D eigenvalue weighted by molar-refractivity contribution is -0.167. The highest BCUT2D eigenvalue weighted by Gasteiger charge is 2.20. The first-order valence-corrected chi connectivity index (χ1v) is 37.8. The first-order valence-electron chi connectivity index (χ1n) is 37.8. The van der Waals surface area contributed by atoms with Crippen LogP contribution in [0.4, 0.5) is 0 Å². The molecular weight excluding hydrogens is 1020 g/mol. The predicted molar refractivity (Wildman–Crippen MR) is 363 cm³/mol. The van der Waals surface area contributed by atoms with Crippen LogP contribution in [0.3, 0.4) is 0 Å². The van der Waals surface area contributed by atoms with E-state index in [0.717, 1.165) is 64.2 Å². The van der Waals surface area contributed by atoms with E-state index in [1.807, 2.05) is 0 Å². The molecule has 0 aliphatic heterocycles. The van der Waals surface area contributed by atoms with Gasteiger partial charge in [0, 0.05) is 19.3 Å². The van der Waals surface area contributed by atoms with Crippen molar-refractivity contribution in [1.82, 2.24) is 0 Å². The van der Waals surface area contributed by atoms with E-state index in [2.05, 4.69) is 45.1 Å². The topological polar surface area (TPSA) is 78.9 Å². The predicted octanol–water partition coefficient (Wildman–Crippen LogP) is 26.1. The van der Waals surface area contributed by atoms with Gasteiger partial charge in [-0.1, -0.05) is 366 Å². The summed E-state index contributed by atoms with van der Waals surface area (Å²) in [6.07, 6.45) is 89.6. The highest BCUT2D eigenvalue weighted by Crippen LogP contribution is 2.19. The molecule has 0 aliphatic carbocycles. The SMILES string of the molecule is CCCCCCC/C=C\CCCCCCCC(=O)OCC(COC(=O)CCCCCCCCCCCCCCCCCCCCCCCCC/C=C\CCCCCCCCCC)OC(=O)CCCCCCCCCCCCCCCCCC. The molecule has 0 fully saturated rings. The summed E-state index contributed by atoms with van der Waals surface area (Å²) in [4.78, 5) is 38.4. The lowest BCUT2D eigenvalue weighted by Crippen LogP contribution is -2.30. The van der Waals surface area contributed by atoms with Gasteiger partial charge in [-0.15, -0.1) is 0 Å². The summed E-state index contributed by atoms with van der Waals surface area (Å²) in [6.45, 7) is 6.71. The second-order valence-corrected chi connectivity index (χ2v) is 25.9. The number of carbonyl (C=O) groups excluding carboxylic acids is 3. The molecule has 0 rings (SSSR count). The van der Waals surface area contributed by atoms with E-state index in [-0.39, 0.29) is 31.1 Å². The molecule has 0 bridgehead atoms. The molecule has 0 heterocycles. The van der Waals surface area contributed by atoms with E-state index >= 15 is 0 Å². The van der Waals surface area contributed by atoms with Gasteiger partial charge in [-0.25, -0.2) is 0 Å². The van der Waals surface area contributed by atoms with E-state index in [1.54, 1.807) is 0 Å². The first kappa shape index (κ1) is 80.9. The van der Waals surface area contributed by atoms with Crippen molar-refractivity contribution in [1.29, 1.82) is 0 Å². The van der Waals surface area contributed by atoms with Gasteiger partial charge in [0.1, 0.15) is 13.2 Å². The maximum atomic E-state index is 12.9. The third kappa shape index (κ3) is 70.5. The van der Waals surface area contributed by atoms with E-state index in [1.165, 1.54) is 327 Å². The molecule has 0 saturated heterocycles. The van der Waals surface area contributed by atoms with Crippen LogP contribution in [0.5, 0.6) is 0 Å². The summed E-state index contributed by atoms with van der Waals surface area (Å²) in [5.74, 6) is -0.842. The molecule has 1 unspecified atom stereocenters. The van der Waals surface area contributed by atoms with Crippen molar-refractivity contribution in [3.63, 3.8) is 0 Å². The van der Waals surface area contributed by atoms with Gasteiger partial charge in [0.2, 0.25) is 0 Å². The second-order valence-electron chi connectivity index (χ2n) is 25.9. The fourth-order valence-electron chi connectivity index (χ4n) is 11.7. The summed E-state index contributed by atoms with van der Waals surface area (Å²) in [7, 11) is 0. The van der Waals surface area contributed by atoms with Crippen LogP contribution >= 0.6 is 0 Å². The minimum atomic E-state index is -0.771. The third-order valence-corrected chi connectivity index (χ3v) is 17.4. The summed E-state index contributed by atoms with van der Waals surface area (Å²) in [5.41, 5.74) is 0. The third-order valence-electron chi connectivity index (χ3n) is 17.4. The zero-order valence-electron chi connectivity index (χ0n) is 56.5. The Kier molecular flexibility index (Phi) is 70.5. The first-order chi connectivity index (χ1) is 41.0. The van der Waals surface area contributed by atoms with Gasteiger partial charge in [-0.3, -0.25) is 14.4 Å². The Morgan fingerprint density at radius 1 is 0.229 bits per heavy atom. The number of carbonyl (C=O) groups is 3.